The van der Waals surface area contributed by atoms with Gasteiger partial charge in [-0.15, -0.1) is 0 Å². The molecule has 0 amide bonds. The molecule has 2 aromatic rings. The van der Waals surface area contributed by atoms with Crippen LogP contribution in [0.2, 0.25) is 5.02 Å². The number of carboxylic acids is 2. The van der Waals surface area contributed by atoms with Crippen molar-refractivity contribution in [2.45, 2.75) is 39.2 Å². The van der Waals surface area contributed by atoms with E-state index in [1.54, 1.807) is 6.07 Å². The molecule has 1 unspecified atom stereocenters. The van der Waals surface area contributed by atoms with E-state index in [9.17, 15) is 14.0 Å². The molecular weight excluding hydrogens is 503 g/mol. The first kappa shape index (κ1) is 28.3. The van der Waals surface area contributed by atoms with Crippen LogP contribution in [0.15, 0.2) is 36.4 Å². The zero-order valence-corrected chi connectivity index (χ0v) is 21.7. The highest BCUT2D eigenvalue weighted by molar-refractivity contribution is 6.32. The van der Waals surface area contributed by atoms with E-state index in [1.807, 2.05) is 0 Å². The SMILES string of the molecule is CCC(CN1CCOc2cc3c(c(C)c21)CCNCC3)Oc1ccc(F)cc1Cl.O=C(O)/C=C/C(=O)O. The average Bonchev–Trinajstić information content (AvgIpc) is 3.10. The van der Waals surface area contributed by atoms with Gasteiger partial charge in [0.05, 0.1) is 23.8 Å². The predicted molar refractivity (Wildman–Crippen MR) is 140 cm³/mol. The molecule has 2 aromatic carbocycles. The standard InChI is InChI=1S/C23H28ClFN2O2.C4H4O4/c1-3-18(29-21-5-4-17(25)13-20(21)24)14-27-10-11-28-22-12-16-6-8-26-9-7-19(16)15(2)23(22)27;5-3(6)1-2-4(7)8/h4-5,12-13,18,26H,3,6-11,14H2,1-2H3;1-2H,(H,5,6)(H,7,8)/b;2-1+. The van der Waals surface area contributed by atoms with E-state index in [2.05, 4.69) is 30.1 Å². The fourth-order valence-corrected chi connectivity index (χ4v) is 4.68. The molecule has 200 valence electrons. The van der Waals surface area contributed by atoms with Crippen molar-refractivity contribution in [3.8, 4) is 11.5 Å². The number of hydrogen-bond acceptors (Lipinski definition) is 6. The highest BCUT2D eigenvalue weighted by Gasteiger charge is 2.27. The number of nitrogens with one attached hydrogen (secondary N) is 1. The Morgan fingerprint density at radius 2 is 1.92 bits per heavy atom. The molecule has 0 aromatic heterocycles. The monoisotopic (exact) mass is 534 g/mol. The van der Waals surface area contributed by atoms with Crippen molar-refractivity contribution in [3.05, 3.63) is 63.9 Å². The smallest absolute Gasteiger partial charge is 0.328 e. The van der Waals surface area contributed by atoms with Crippen molar-refractivity contribution >= 4 is 29.2 Å². The summed E-state index contributed by atoms with van der Waals surface area (Å²) in [6, 6.07) is 6.51. The maximum absolute atomic E-state index is 13.3. The van der Waals surface area contributed by atoms with Gasteiger partial charge in [0, 0.05) is 12.2 Å². The minimum absolute atomic E-state index is 0.0520. The molecule has 10 heteroatoms. The normalized spacial score (nSPS) is 15.4. The molecule has 1 atom stereocenters. The number of ether oxygens (including phenoxy) is 2. The second kappa shape index (κ2) is 13.3. The summed E-state index contributed by atoms with van der Waals surface area (Å²) in [4.78, 5) is 21.5. The van der Waals surface area contributed by atoms with Crippen molar-refractivity contribution in [2.75, 3.05) is 37.7 Å². The number of carbonyl (C=O) groups is 2. The van der Waals surface area contributed by atoms with Gasteiger partial charge in [-0.1, -0.05) is 18.5 Å². The Bertz CT molecular complexity index is 1140. The number of nitrogens with zero attached hydrogens (tertiary/aromatic N) is 1. The van der Waals surface area contributed by atoms with E-state index >= 15 is 0 Å². The maximum atomic E-state index is 13.3. The lowest BCUT2D eigenvalue weighted by Gasteiger charge is -2.36. The molecule has 2 aliphatic rings. The first-order valence-corrected chi connectivity index (χ1v) is 12.6. The number of aliphatic carboxylic acids is 2. The Morgan fingerprint density at radius 3 is 2.57 bits per heavy atom. The van der Waals surface area contributed by atoms with Crippen molar-refractivity contribution in [2.24, 2.45) is 0 Å². The largest absolute Gasteiger partial charge is 0.490 e. The molecule has 3 N–H and O–H groups in total. The predicted octanol–water partition coefficient (Wildman–Crippen LogP) is 4.24. The van der Waals surface area contributed by atoms with Crippen LogP contribution in [0.4, 0.5) is 10.1 Å². The van der Waals surface area contributed by atoms with Crippen LogP contribution >= 0.6 is 11.6 Å². The van der Waals surface area contributed by atoms with E-state index < -0.39 is 11.9 Å². The Balaban J connectivity index is 0.000000414. The molecule has 4 rings (SSSR count). The molecule has 0 radical (unpaired) electrons. The second-order valence-corrected chi connectivity index (χ2v) is 9.17. The third kappa shape index (κ3) is 7.84. The molecule has 2 heterocycles. The Labute approximate surface area is 220 Å². The van der Waals surface area contributed by atoms with Gasteiger partial charge in [-0.3, -0.25) is 0 Å². The van der Waals surface area contributed by atoms with Crippen molar-refractivity contribution in [1.82, 2.24) is 5.32 Å². The molecule has 0 bridgehead atoms. The summed E-state index contributed by atoms with van der Waals surface area (Å²) in [5.41, 5.74) is 5.34. The number of fused-ring (bicyclic) bond motifs is 2. The highest BCUT2D eigenvalue weighted by Crippen LogP contribution is 2.40. The fourth-order valence-electron chi connectivity index (χ4n) is 4.47. The fraction of sp³-hybridized carbons (Fsp3) is 0.407. The highest BCUT2D eigenvalue weighted by atomic mass is 35.5. The minimum atomic E-state index is -1.26. The van der Waals surface area contributed by atoms with E-state index in [4.69, 9.17) is 31.3 Å². The minimum Gasteiger partial charge on any atom is -0.490 e. The first-order chi connectivity index (χ1) is 17.7. The van der Waals surface area contributed by atoms with Gasteiger partial charge in [0.25, 0.3) is 0 Å². The van der Waals surface area contributed by atoms with E-state index in [-0.39, 0.29) is 11.9 Å². The van der Waals surface area contributed by atoms with E-state index in [0.717, 1.165) is 51.2 Å². The zero-order valence-electron chi connectivity index (χ0n) is 20.9. The van der Waals surface area contributed by atoms with Gasteiger partial charge in [0.15, 0.2) is 0 Å². The molecule has 2 aliphatic heterocycles. The van der Waals surface area contributed by atoms with Crippen molar-refractivity contribution in [3.63, 3.8) is 0 Å². The third-order valence-electron chi connectivity index (χ3n) is 6.23. The molecular formula is C27H32ClFN2O6. The number of carboxylic acid groups (broad SMARTS) is 2. The third-order valence-corrected chi connectivity index (χ3v) is 6.52. The van der Waals surface area contributed by atoms with E-state index in [1.165, 1.54) is 34.5 Å². The van der Waals surface area contributed by atoms with Gasteiger partial charge in [-0.25, -0.2) is 14.0 Å². The van der Waals surface area contributed by atoms with Crippen LogP contribution in [0.5, 0.6) is 11.5 Å². The van der Waals surface area contributed by atoms with Gasteiger partial charge in [-0.2, -0.15) is 0 Å². The summed E-state index contributed by atoms with van der Waals surface area (Å²) in [5.74, 6) is -1.37. The van der Waals surface area contributed by atoms with Crippen LogP contribution in [0, 0.1) is 12.7 Å². The van der Waals surface area contributed by atoms with Crippen molar-refractivity contribution < 1.29 is 33.7 Å². The zero-order chi connectivity index (χ0) is 26.9. The van der Waals surface area contributed by atoms with Crippen LogP contribution < -0.4 is 19.7 Å². The van der Waals surface area contributed by atoms with Crippen LogP contribution in [0.25, 0.3) is 0 Å². The quantitative estimate of drug-likeness (QED) is 0.453. The summed E-state index contributed by atoms with van der Waals surface area (Å²) < 4.78 is 25.5. The average molecular weight is 535 g/mol. The van der Waals surface area contributed by atoms with Gasteiger partial charge in [0.1, 0.15) is 30.0 Å². The Hall–Kier alpha value is -3.30. The maximum Gasteiger partial charge on any atom is 0.328 e. The summed E-state index contributed by atoms with van der Waals surface area (Å²) in [6.07, 6.45) is 3.97. The lowest BCUT2D eigenvalue weighted by molar-refractivity contribution is -0.134. The van der Waals surface area contributed by atoms with Crippen LogP contribution in [-0.2, 0) is 22.4 Å². The van der Waals surface area contributed by atoms with Gasteiger partial charge in [-0.05, 0) is 80.2 Å². The van der Waals surface area contributed by atoms with Crippen LogP contribution in [-0.4, -0.2) is 61.0 Å². The lowest BCUT2D eigenvalue weighted by atomic mass is 9.94. The summed E-state index contributed by atoms with van der Waals surface area (Å²) in [7, 11) is 0. The number of benzene rings is 2. The molecule has 0 aliphatic carbocycles. The van der Waals surface area contributed by atoms with Crippen molar-refractivity contribution in [1.29, 1.82) is 0 Å². The first-order valence-electron chi connectivity index (χ1n) is 12.2. The molecule has 8 nitrogen and oxygen atoms in total. The Morgan fingerprint density at radius 1 is 1.22 bits per heavy atom. The van der Waals surface area contributed by atoms with Crippen LogP contribution in [0.3, 0.4) is 0 Å². The number of hydrogen-bond donors (Lipinski definition) is 3. The van der Waals surface area contributed by atoms with Gasteiger partial charge < -0.3 is 29.9 Å². The summed E-state index contributed by atoms with van der Waals surface area (Å²) >= 11 is 6.17. The second-order valence-electron chi connectivity index (χ2n) is 8.76. The molecule has 0 saturated heterocycles. The number of anilines is 1. The lowest BCUT2D eigenvalue weighted by Crippen LogP contribution is -2.41. The molecule has 0 fully saturated rings. The summed E-state index contributed by atoms with van der Waals surface area (Å²) in [5, 5.41) is 19.4. The van der Waals surface area contributed by atoms with E-state index in [0.29, 0.717) is 29.5 Å². The molecule has 0 spiro atoms. The number of halogens is 2. The van der Waals surface area contributed by atoms with Gasteiger partial charge in [0.2, 0.25) is 0 Å². The topological polar surface area (TPSA) is 108 Å². The van der Waals surface area contributed by atoms with Crippen LogP contribution in [0.1, 0.15) is 30.0 Å². The number of rotatable bonds is 7. The molecule has 37 heavy (non-hydrogen) atoms. The molecule has 0 saturated carbocycles. The van der Waals surface area contributed by atoms with Gasteiger partial charge >= 0.3 is 11.9 Å². The summed E-state index contributed by atoms with van der Waals surface area (Å²) in [6.45, 7) is 8.55. The Kier molecular flexibility index (Phi) is 10.2.